The smallest absolute Gasteiger partial charge is 0.0944 e. The number of rotatable bonds is 5. The lowest BCUT2D eigenvalue weighted by molar-refractivity contribution is 0.0516. The number of hydrogen-bond donors (Lipinski definition) is 2. The third kappa shape index (κ3) is 3.35. The molecule has 16 heavy (non-hydrogen) atoms. The van der Waals surface area contributed by atoms with E-state index in [0.29, 0.717) is 0 Å². The van der Waals surface area contributed by atoms with Gasteiger partial charge in [-0.1, -0.05) is 0 Å². The van der Waals surface area contributed by atoms with Crippen molar-refractivity contribution < 1.29 is 4.74 Å². The molecule has 2 atom stereocenters. The summed E-state index contributed by atoms with van der Waals surface area (Å²) in [6, 6.07) is 4.09. The summed E-state index contributed by atoms with van der Waals surface area (Å²) in [4.78, 5) is 3.19. The Kier molecular flexibility index (Phi) is 4.43. The molecule has 0 bridgehead atoms. The van der Waals surface area contributed by atoms with E-state index < -0.39 is 0 Å². The van der Waals surface area contributed by atoms with Crippen LogP contribution >= 0.6 is 0 Å². The van der Waals surface area contributed by atoms with Crippen molar-refractivity contribution in [2.24, 2.45) is 5.92 Å². The van der Waals surface area contributed by atoms with E-state index in [4.69, 9.17) is 4.74 Å². The molecule has 1 fully saturated rings. The van der Waals surface area contributed by atoms with Gasteiger partial charge in [-0.3, -0.25) is 0 Å². The van der Waals surface area contributed by atoms with Gasteiger partial charge in [-0.2, -0.15) is 0 Å². The Morgan fingerprint density at radius 1 is 1.56 bits per heavy atom. The molecule has 0 saturated carbocycles. The number of H-pyrrole nitrogens is 1. The quantitative estimate of drug-likeness (QED) is 0.803. The summed E-state index contributed by atoms with van der Waals surface area (Å²) >= 11 is 0. The predicted octanol–water partition coefficient (Wildman–Crippen LogP) is 2.48. The van der Waals surface area contributed by atoms with Gasteiger partial charge in [0.2, 0.25) is 0 Å². The molecular formula is C13H22N2O. The number of hydrogen-bond acceptors (Lipinski definition) is 2. The van der Waals surface area contributed by atoms with Crippen molar-refractivity contribution in [1.82, 2.24) is 10.3 Å². The zero-order chi connectivity index (χ0) is 11.2. The summed E-state index contributed by atoms with van der Waals surface area (Å²) in [5.74, 6) is 0.810. The van der Waals surface area contributed by atoms with Crippen molar-refractivity contribution in [2.45, 2.75) is 32.3 Å². The van der Waals surface area contributed by atoms with E-state index in [1.54, 1.807) is 0 Å². The standard InChI is InChI=1S/C13H22N2O/c1-11(13-5-3-8-15-13)16-9-6-12-4-2-7-14-10-12/h3,5,8,11-12,14-15H,2,4,6-7,9-10H2,1H3/t11-,12-/m0/s1. The summed E-state index contributed by atoms with van der Waals surface area (Å²) in [7, 11) is 0. The molecule has 2 rings (SSSR count). The Balaban J connectivity index is 1.63. The van der Waals surface area contributed by atoms with Crippen LogP contribution in [-0.2, 0) is 4.74 Å². The summed E-state index contributed by atoms with van der Waals surface area (Å²) in [5.41, 5.74) is 1.17. The Bertz CT molecular complexity index is 278. The predicted molar refractivity (Wildman–Crippen MR) is 65.4 cm³/mol. The average molecular weight is 222 g/mol. The Morgan fingerprint density at radius 2 is 2.50 bits per heavy atom. The fourth-order valence-electron chi connectivity index (χ4n) is 2.27. The SMILES string of the molecule is C[C@H](OCC[C@@H]1CCCNC1)c1ccc[nH]1. The number of piperidine rings is 1. The van der Waals surface area contributed by atoms with E-state index in [2.05, 4.69) is 23.3 Å². The molecule has 0 aromatic carbocycles. The zero-order valence-electron chi connectivity index (χ0n) is 10.0. The molecule has 1 aliphatic rings. The van der Waals surface area contributed by atoms with Gasteiger partial charge in [-0.25, -0.2) is 0 Å². The van der Waals surface area contributed by atoms with Crippen LogP contribution in [0.5, 0.6) is 0 Å². The molecule has 3 heteroatoms. The first-order valence-corrected chi connectivity index (χ1v) is 6.32. The molecule has 2 N–H and O–H groups in total. The van der Waals surface area contributed by atoms with Gasteiger partial charge in [0.05, 0.1) is 6.10 Å². The normalized spacial score (nSPS) is 23.2. The second-order valence-corrected chi connectivity index (χ2v) is 4.64. The van der Waals surface area contributed by atoms with Crippen molar-refractivity contribution in [1.29, 1.82) is 0 Å². The maximum Gasteiger partial charge on any atom is 0.0944 e. The van der Waals surface area contributed by atoms with Crippen LogP contribution in [-0.4, -0.2) is 24.7 Å². The van der Waals surface area contributed by atoms with E-state index >= 15 is 0 Å². The molecule has 2 heterocycles. The van der Waals surface area contributed by atoms with Crippen LogP contribution in [0.4, 0.5) is 0 Å². The first-order valence-electron chi connectivity index (χ1n) is 6.32. The zero-order valence-corrected chi connectivity index (χ0v) is 10.0. The summed E-state index contributed by atoms with van der Waals surface area (Å²) < 4.78 is 5.83. The van der Waals surface area contributed by atoms with Gasteiger partial charge < -0.3 is 15.0 Å². The summed E-state index contributed by atoms with van der Waals surface area (Å²) in [5, 5.41) is 3.44. The molecule has 0 spiro atoms. The third-order valence-corrected chi connectivity index (χ3v) is 3.35. The number of aromatic amines is 1. The minimum absolute atomic E-state index is 0.187. The van der Waals surface area contributed by atoms with E-state index in [1.807, 2.05) is 12.3 Å². The van der Waals surface area contributed by atoms with Crippen molar-refractivity contribution in [2.75, 3.05) is 19.7 Å². The molecule has 0 unspecified atom stereocenters. The van der Waals surface area contributed by atoms with Gasteiger partial charge in [0, 0.05) is 18.5 Å². The van der Waals surface area contributed by atoms with Crippen molar-refractivity contribution in [3.63, 3.8) is 0 Å². The number of aromatic nitrogens is 1. The first-order chi connectivity index (χ1) is 7.86. The maximum absolute atomic E-state index is 5.83. The van der Waals surface area contributed by atoms with Crippen LogP contribution < -0.4 is 5.32 Å². The molecule has 1 aromatic rings. The monoisotopic (exact) mass is 222 g/mol. The van der Waals surface area contributed by atoms with Gasteiger partial charge in [0.25, 0.3) is 0 Å². The lowest BCUT2D eigenvalue weighted by Crippen LogP contribution is -2.30. The molecule has 3 nitrogen and oxygen atoms in total. The van der Waals surface area contributed by atoms with Crippen LogP contribution in [0.25, 0.3) is 0 Å². The maximum atomic E-state index is 5.83. The Morgan fingerprint density at radius 3 is 3.19 bits per heavy atom. The number of nitrogens with one attached hydrogen (secondary N) is 2. The van der Waals surface area contributed by atoms with Crippen LogP contribution in [0.1, 0.15) is 38.0 Å². The largest absolute Gasteiger partial charge is 0.372 e. The first kappa shape index (κ1) is 11.7. The molecule has 0 amide bonds. The van der Waals surface area contributed by atoms with E-state index in [-0.39, 0.29) is 6.10 Å². The topological polar surface area (TPSA) is 37.0 Å². The Labute approximate surface area is 97.6 Å². The fourth-order valence-corrected chi connectivity index (χ4v) is 2.27. The van der Waals surface area contributed by atoms with Crippen molar-refractivity contribution >= 4 is 0 Å². The number of ether oxygens (including phenoxy) is 1. The highest BCUT2D eigenvalue weighted by atomic mass is 16.5. The van der Waals surface area contributed by atoms with Gasteiger partial charge in [0.15, 0.2) is 0 Å². The molecule has 1 saturated heterocycles. The third-order valence-electron chi connectivity index (χ3n) is 3.35. The lowest BCUT2D eigenvalue weighted by atomic mass is 9.97. The molecule has 0 aliphatic carbocycles. The molecule has 0 radical (unpaired) electrons. The molecule has 1 aromatic heterocycles. The lowest BCUT2D eigenvalue weighted by Gasteiger charge is -2.23. The minimum atomic E-state index is 0.187. The van der Waals surface area contributed by atoms with Gasteiger partial charge in [-0.15, -0.1) is 0 Å². The van der Waals surface area contributed by atoms with Crippen LogP contribution in [0.2, 0.25) is 0 Å². The highest BCUT2D eigenvalue weighted by molar-refractivity contribution is 5.06. The summed E-state index contributed by atoms with van der Waals surface area (Å²) in [6.45, 7) is 5.33. The van der Waals surface area contributed by atoms with E-state index in [1.165, 1.54) is 38.0 Å². The molecular weight excluding hydrogens is 200 g/mol. The molecule has 1 aliphatic heterocycles. The average Bonchev–Trinajstić information content (AvgIpc) is 2.84. The van der Waals surface area contributed by atoms with Gasteiger partial charge >= 0.3 is 0 Å². The van der Waals surface area contributed by atoms with E-state index in [9.17, 15) is 0 Å². The van der Waals surface area contributed by atoms with Crippen molar-refractivity contribution in [3.05, 3.63) is 24.0 Å². The second kappa shape index (κ2) is 6.06. The minimum Gasteiger partial charge on any atom is -0.372 e. The summed E-state index contributed by atoms with van der Waals surface area (Å²) in [6.07, 6.45) is 5.98. The van der Waals surface area contributed by atoms with Crippen LogP contribution in [0.15, 0.2) is 18.3 Å². The van der Waals surface area contributed by atoms with E-state index in [0.717, 1.165) is 12.5 Å². The fraction of sp³-hybridized carbons (Fsp3) is 0.692. The van der Waals surface area contributed by atoms with Gasteiger partial charge in [-0.05, 0) is 57.3 Å². The highest BCUT2D eigenvalue weighted by Gasteiger charge is 2.13. The Hall–Kier alpha value is -0.800. The second-order valence-electron chi connectivity index (χ2n) is 4.64. The highest BCUT2D eigenvalue weighted by Crippen LogP contribution is 2.18. The molecule has 90 valence electrons. The van der Waals surface area contributed by atoms with Crippen LogP contribution in [0, 0.1) is 5.92 Å². The van der Waals surface area contributed by atoms with Crippen LogP contribution in [0.3, 0.4) is 0 Å². The van der Waals surface area contributed by atoms with Gasteiger partial charge in [0.1, 0.15) is 0 Å². The van der Waals surface area contributed by atoms with Crippen molar-refractivity contribution in [3.8, 4) is 0 Å².